The molecule has 1 aliphatic rings. The highest BCUT2D eigenvalue weighted by atomic mass is 79.9. The normalized spacial score (nSPS) is 21.8. The van der Waals surface area contributed by atoms with E-state index < -0.39 is 0 Å². The van der Waals surface area contributed by atoms with Gasteiger partial charge in [-0.15, -0.1) is 0 Å². The monoisotopic (exact) mass is 349 g/mol. The number of hydrogen-bond donors (Lipinski definition) is 2. The highest BCUT2D eigenvalue weighted by molar-refractivity contribution is 9.10. The Morgan fingerprint density at radius 2 is 2.38 bits per heavy atom. The molecule has 5 heteroatoms. The van der Waals surface area contributed by atoms with Gasteiger partial charge in [-0.3, -0.25) is 5.10 Å². The third-order valence-electron chi connectivity index (χ3n) is 4.02. The highest BCUT2D eigenvalue weighted by Crippen LogP contribution is 2.33. The van der Waals surface area contributed by atoms with Crippen molar-refractivity contribution in [2.24, 2.45) is 5.92 Å². The van der Waals surface area contributed by atoms with Crippen molar-refractivity contribution in [1.29, 1.82) is 0 Å². The summed E-state index contributed by atoms with van der Waals surface area (Å²) >= 11 is 3.54. The predicted molar refractivity (Wildman–Crippen MR) is 86.0 cm³/mol. The van der Waals surface area contributed by atoms with Gasteiger partial charge in [-0.25, -0.2) is 0 Å². The Morgan fingerprint density at radius 3 is 3.14 bits per heavy atom. The van der Waals surface area contributed by atoms with Crippen LogP contribution in [0.25, 0.3) is 0 Å². The van der Waals surface area contributed by atoms with Crippen molar-refractivity contribution in [3.05, 3.63) is 51.8 Å². The maximum atomic E-state index is 5.84. The standard InChI is InChI=1S/C16H20BrN3O/c1-11-6-12(2-3-15(11)17)7-18-8-13-4-5-21-16(13)14-9-19-20-10-14/h2-3,6,9-10,13,16,18H,4-5,7-8H2,1H3,(H,19,20)/t13-,16+/m1/s1. The number of hydrogen-bond acceptors (Lipinski definition) is 3. The third kappa shape index (κ3) is 3.54. The van der Waals surface area contributed by atoms with Crippen LogP contribution in [-0.4, -0.2) is 23.3 Å². The third-order valence-corrected chi connectivity index (χ3v) is 4.91. The van der Waals surface area contributed by atoms with Crippen LogP contribution in [0.15, 0.2) is 35.1 Å². The minimum Gasteiger partial charge on any atom is -0.373 e. The molecule has 0 saturated carbocycles. The first-order valence-electron chi connectivity index (χ1n) is 7.30. The van der Waals surface area contributed by atoms with Crippen LogP contribution in [0, 0.1) is 12.8 Å². The number of ether oxygens (including phenoxy) is 1. The Bertz CT molecular complexity index is 585. The number of aromatic nitrogens is 2. The Morgan fingerprint density at radius 1 is 1.48 bits per heavy atom. The number of rotatable bonds is 5. The number of benzene rings is 1. The Hall–Kier alpha value is -1.17. The van der Waals surface area contributed by atoms with Gasteiger partial charge in [-0.1, -0.05) is 28.1 Å². The fraction of sp³-hybridized carbons (Fsp3) is 0.438. The largest absolute Gasteiger partial charge is 0.373 e. The number of halogens is 1. The molecule has 0 spiro atoms. The van der Waals surface area contributed by atoms with Crippen molar-refractivity contribution in [1.82, 2.24) is 15.5 Å². The summed E-state index contributed by atoms with van der Waals surface area (Å²) in [6.07, 6.45) is 5.06. The molecule has 0 unspecified atom stereocenters. The van der Waals surface area contributed by atoms with Gasteiger partial charge in [0.1, 0.15) is 0 Å². The molecule has 3 rings (SSSR count). The molecule has 2 atom stereocenters. The summed E-state index contributed by atoms with van der Waals surface area (Å²) in [5.74, 6) is 0.513. The number of H-pyrrole nitrogens is 1. The van der Waals surface area contributed by atoms with E-state index in [1.807, 2.05) is 12.4 Å². The summed E-state index contributed by atoms with van der Waals surface area (Å²) < 4.78 is 7.00. The van der Waals surface area contributed by atoms with E-state index in [-0.39, 0.29) is 6.10 Å². The van der Waals surface area contributed by atoms with Crippen molar-refractivity contribution in [2.45, 2.75) is 26.0 Å². The highest BCUT2D eigenvalue weighted by Gasteiger charge is 2.29. The number of nitrogens with zero attached hydrogens (tertiary/aromatic N) is 1. The molecule has 2 aromatic rings. The topological polar surface area (TPSA) is 49.9 Å². The molecule has 1 aromatic carbocycles. The van der Waals surface area contributed by atoms with Crippen LogP contribution in [-0.2, 0) is 11.3 Å². The van der Waals surface area contributed by atoms with Crippen LogP contribution >= 0.6 is 15.9 Å². The van der Waals surface area contributed by atoms with Gasteiger partial charge in [-0.2, -0.15) is 5.10 Å². The second kappa shape index (κ2) is 6.73. The van der Waals surface area contributed by atoms with Gasteiger partial charge in [0.15, 0.2) is 0 Å². The average Bonchev–Trinajstić information content (AvgIpc) is 3.13. The number of nitrogens with one attached hydrogen (secondary N) is 2. The van der Waals surface area contributed by atoms with Gasteiger partial charge in [0, 0.05) is 41.8 Å². The van der Waals surface area contributed by atoms with Crippen molar-refractivity contribution in [2.75, 3.05) is 13.2 Å². The molecule has 112 valence electrons. The van der Waals surface area contributed by atoms with Crippen LogP contribution in [0.4, 0.5) is 0 Å². The van der Waals surface area contributed by atoms with E-state index >= 15 is 0 Å². The predicted octanol–water partition coefficient (Wildman–Crippen LogP) is 3.35. The number of aromatic amines is 1. The van der Waals surface area contributed by atoms with Crippen LogP contribution in [0.5, 0.6) is 0 Å². The minimum atomic E-state index is 0.169. The first kappa shape index (κ1) is 14.8. The second-order valence-electron chi connectivity index (χ2n) is 5.59. The summed E-state index contributed by atoms with van der Waals surface area (Å²) in [6, 6.07) is 6.48. The fourth-order valence-corrected chi connectivity index (χ4v) is 3.09. The fourth-order valence-electron chi connectivity index (χ4n) is 2.85. The van der Waals surface area contributed by atoms with E-state index in [0.29, 0.717) is 5.92 Å². The van der Waals surface area contributed by atoms with Crippen molar-refractivity contribution in [3.63, 3.8) is 0 Å². The average molecular weight is 350 g/mol. The molecule has 0 amide bonds. The molecule has 1 saturated heterocycles. The Labute approximate surface area is 133 Å². The minimum absolute atomic E-state index is 0.169. The van der Waals surface area contributed by atoms with E-state index in [4.69, 9.17) is 4.74 Å². The van der Waals surface area contributed by atoms with Crippen LogP contribution < -0.4 is 5.32 Å². The molecule has 1 aliphatic heterocycles. The molecule has 4 nitrogen and oxygen atoms in total. The molecule has 0 radical (unpaired) electrons. The van der Waals surface area contributed by atoms with Crippen LogP contribution in [0.3, 0.4) is 0 Å². The van der Waals surface area contributed by atoms with E-state index in [1.54, 1.807) is 0 Å². The lowest BCUT2D eigenvalue weighted by molar-refractivity contribution is 0.0905. The van der Waals surface area contributed by atoms with Gasteiger partial charge in [0.2, 0.25) is 0 Å². The first-order valence-corrected chi connectivity index (χ1v) is 8.09. The molecule has 0 bridgehead atoms. The van der Waals surface area contributed by atoms with E-state index in [9.17, 15) is 0 Å². The van der Waals surface area contributed by atoms with Crippen molar-refractivity contribution in [3.8, 4) is 0 Å². The lowest BCUT2D eigenvalue weighted by atomic mass is 9.97. The van der Waals surface area contributed by atoms with Crippen molar-refractivity contribution >= 4 is 15.9 Å². The first-order chi connectivity index (χ1) is 10.2. The maximum Gasteiger partial charge on any atom is 0.0896 e. The molecule has 1 aromatic heterocycles. The quantitative estimate of drug-likeness (QED) is 0.870. The number of aryl methyl sites for hydroxylation is 1. The van der Waals surface area contributed by atoms with Gasteiger partial charge in [0.25, 0.3) is 0 Å². The van der Waals surface area contributed by atoms with Crippen LogP contribution in [0.2, 0.25) is 0 Å². The summed E-state index contributed by atoms with van der Waals surface area (Å²) in [7, 11) is 0. The Balaban J connectivity index is 1.54. The zero-order valence-corrected chi connectivity index (χ0v) is 13.7. The second-order valence-corrected chi connectivity index (χ2v) is 6.44. The smallest absolute Gasteiger partial charge is 0.0896 e. The van der Waals surface area contributed by atoms with Gasteiger partial charge in [0.05, 0.1) is 12.3 Å². The Kier molecular flexibility index (Phi) is 4.73. The van der Waals surface area contributed by atoms with Gasteiger partial charge < -0.3 is 10.1 Å². The zero-order chi connectivity index (χ0) is 14.7. The summed E-state index contributed by atoms with van der Waals surface area (Å²) in [6.45, 7) is 4.81. The van der Waals surface area contributed by atoms with Crippen LogP contribution in [0.1, 0.15) is 29.2 Å². The van der Waals surface area contributed by atoms with Crippen molar-refractivity contribution < 1.29 is 4.74 Å². The van der Waals surface area contributed by atoms with Gasteiger partial charge >= 0.3 is 0 Å². The molecular formula is C16H20BrN3O. The molecular weight excluding hydrogens is 330 g/mol. The molecule has 2 heterocycles. The molecule has 2 N–H and O–H groups in total. The molecule has 0 aliphatic carbocycles. The lowest BCUT2D eigenvalue weighted by Crippen LogP contribution is -2.24. The zero-order valence-electron chi connectivity index (χ0n) is 12.1. The van der Waals surface area contributed by atoms with E-state index in [0.717, 1.165) is 36.2 Å². The SMILES string of the molecule is Cc1cc(CNC[C@H]2CCO[C@@H]2c2cn[nH]c2)ccc1Br. The maximum absolute atomic E-state index is 5.84. The van der Waals surface area contributed by atoms with E-state index in [2.05, 4.69) is 56.6 Å². The molecule has 21 heavy (non-hydrogen) atoms. The molecule has 1 fully saturated rings. The summed E-state index contributed by atoms with van der Waals surface area (Å²) in [5, 5.41) is 10.4. The van der Waals surface area contributed by atoms with Gasteiger partial charge in [-0.05, 0) is 30.5 Å². The van der Waals surface area contributed by atoms with E-state index in [1.165, 1.54) is 11.1 Å². The lowest BCUT2D eigenvalue weighted by Gasteiger charge is -2.18. The summed E-state index contributed by atoms with van der Waals surface area (Å²) in [4.78, 5) is 0. The summed E-state index contributed by atoms with van der Waals surface area (Å²) in [5.41, 5.74) is 3.74.